The third-order valence-electron chi connectivity index (χ3n) is 5.12. The molecule has 0 bridgehead atoms. The van der Waals surface area contributed by atoms with Gasteiger partial charge < -0.3 is 4.90 Å². The Morgan fingerprint density at radius 3 is 2.25 bits per heavy atom. The van der Waals surface area contributed by atoms with Crippen molar-refractivity contribution in [2.75, 3.05) is 43.4 Å². The number of nitrogens with zero attached hydrogens (tertiary/aromatic N) is 3. The molecule has 0 N–H and O–H groups in total. The van der Waals surface area contributed by atoms with E-state index in [1.54, 1.807) is 4.90 Å². The van der Waals surface area contributed by atoms with Crippen molar-refractivity contribution in [3.8, 4) is 0 Å². The van der Waals surface area contributed by atoms with Crippen LogP contribution in [0.25, 0.3) is 0 Å². The first-order chi connectivity index (χ1) is 14.9. The molecular formula is C19H18Cl2F3N3O4S. The number of nitro groups is 1. The number of benzene rings is 2. The molecule has 0 saturated carbocycles. The van der Waals surface area contributed by atoms with Gasteiger partial charge in [0, 0.05) is 43.8 Å². The molecule has 13 heteroatoms. The average Bonchev–Trinajstić information content (AvgIpc) is 2.71. The van der Waals surface area contributed by atoms with Gasteiger partial charge in [0.05, 0.1) is 26.2 Å². The molecule has 0 aromatic heterocycles. The standard InChI is InChI=1S/C19H18Cl2F3N3O4S/c20-14-2-4-18(15(21)12-14)32(30,31)10-9-25-5-7-26(8-6-25)16-3-1-13(19(22,23)24)11-17(16)27(28)29/h1-4,11-12H,5-10H2. The highest BCUT2D eigenvalue weighted by molar-refractivity contribution is 7.91. The fraction of sp³-hybridized carbons (Fsp3) is 0.368. The summed E-state index contributed by atoms with van der Waals surface area (Å²) < 4.78 is 63.9. The van der Waals surface area contributed by atoms with Crippen LogP contribution in [0.3, 0.4) is 0 Å². The molecule has 2 aromatic rings. The van der Waals surface area contributed by atoms with Crippen molar-refractivity contribution in [1.29, 1.82) is 0 Å². The summed E-state index contributed by atoms with van der Waals surface area (Å²) in [4.78, 5) is 14.0. The maximum absolute atomic E-state index is 12.9. The van der Waals surface area contributed by atoms with Crippen LogP contribution >= 0.6 is 23.2 Å². The zero-order valence-corrected chi connectivity index (χ0v) is 18.8. The third-order valence-corrected chi connectivity index (χ3v) is 7.52. The maximum Gasteiger partial charge on any atom is 0.416 e. The van der Waals surface area contributed by atoms with Gasteiger partial charge in [0.25, 0.3) is 5.69 Å². The molecule has 1 aliphatic heterocycles. The lowest BCUT2D eigenvalue weighted by Crippen LogP contribution is -2.47. The van der Waals surface area contributed by atoms with Crippen LogP contribution in [0.2, 0.25) is 10.0 Å². The van der Waals surface area contributed by atoms with E-state index in [4.69, 9.17) is 23.2 Å². The first-order valence-corrected chi connectivity index (χ1v) is 11.8. The minimum Gasteiger partial charge on any atom is -0.363 e. The van der Waals surface area contributed by atoms with Crippen molar-refractivity contribution in [3.63, 3.8) is 0 Å². The van der Waals surface area contributed by atoms with Crippen LogP contribution in [-0.4, -0.2) is 56.7 Å². The summed E-state index contributed by atoms with van der Waals surface area (Å²) >= 11 is 11.8. The number of hydrogen-bond donors (Lipinski definition) is 0. The van der Waals surface area contributed by atoms with Crippen molar-refractivity contribution >= 4 is 44.4 Å². The maximum atomic E-state index is 12.9. The summed E-state index contributed by atoms with van der Waals surface area (Å²) in [7, 11) is -3.65. The van der Waals surface area contributed by atoms with Gasteiger partial charge in [-0.2, -0.15) is 13.2 Å². The highest BCUT2D eigenvalue weighted by Crippen LogP contribution is 2.36. The Bertz CT molecular complexity index is 1120. The lowest BCUT2D eigenvalue weighted by atomic mass is 10.1. The molecule has 0 unspecified atom stereocenters. The van der Waals surface area contributed by atoms with Gasteiger partial charge in [-0.05, 0) is 30.3 Å². The van der Waals surface area contributed by atoms with E-state index in [1.165, 1.54) is 18.2 Å². The van der Waals surface area contributed by atoms with Crippen LogP contribution in [0.1, 0.15) is 5.56 Å². The topological polar surface area (TPSA) is 83.8 Å². The van der Waals surface area contributed by atoms with Crippen molar-refractivity contribution in [2.45, 2.75) is 11.1 Å². The zero-order chi connectivity index (χ0) is 23.7. The van der Waals surface area contributed by atoms with Gasteiger partial charge in [-0.25, -0.2) is 8.42 Å². The van der Waals surface area contributed by atoms with E-state index in [0.717, 1.165) is 12.1 Å². The highest BCUT2D eigenvalue weighted by Gasteiger charge is 2.34. The molecular weight excluding hydrogens is 494 g/mol. The van der Waals surface area contributed by atoms with Crippen LogP contribution in [0, 0.1) is 10.1 Å². The normalized spacial score (nSPS) is 15.7. The Hall–Kier alpha value is -2.08. The molecule has 1 aliphatic rings. The van der Waals surface area contributed by atoms with Crippen molar-refractivity contribution in [1.82, 2.24) is 4.90 Å². The molecule has 2 aromatic carbocycles. The monoisotopic (exact) mass is 511 g/mol. The molecule has 0 radical (unpaired) electrons. The lowest BCUT2D eigenvalue weighted by Gasteiger charge is -2.35. The summed E-state index contributed by atoms with van der Waals surface area (Å²) in [5.41, 5.74) is -1.60. The van der Waals surface area contributed by atoms with Crippen LogP contribution in [0.4, 0.5) is 24.5 Å². The molecule has 1 saturated heterocycles. The summed E-state index contributed by atoms with van der Waals surface area (Å²) in [6, 6.07) is 6.59. The fourth-order valence-corrected chi connectivity index (χ4v) is 5.52. The molecule has 1 heterocycles. The van der Waals surface area contributed by atoms with Gasteiger partial charge in [-0.1, -0.05) is 23.2 Å². The predicted molar refractivity (Wildman–Crippen MR) is 115 cm³/mol. The second-order valence-corrected chi connectivity index (χ2v) is 10.1. The molecule has 3 rings (SSSR count). The SMILES string of the molecule is O=[N+]([O-])c1cc(C(F)(F)F)ccc1N1CCN(CCS(=O)(=O)c2ccc(Cl)cc2Cl)CC1. The number of rotatable bonds is 6. The van der Waals surface area contributed by atoms with Crippen molar-refractivity contribution < 1.29 is 26.5 Å². The Morgan fingerprint density at radius 1 is 1.03 bits per heavy atom. The summed E-state index contributed by atoms with van der Waals surface area (Å²) in [5.74, 6) is -0.186. The third kappa shape index (κ3) is 5.64. The molecule has 0 aliphatic carbocycles. The Balaban J connectivity index is 1.65. The number of piperazine rings is 1. The van der Waals surface area contributed by atoms with Gasteiger partial charge in [0.15, 0.2) is 9.84 Å². The number of sulfone groups is 1. The molecule has 174 valence electrons. The number of alkyl halides is 3. The summed E-state index contributed by atoms with van der Waals surface area (Å²) in [6.07, 6.45) is -4.68. The number of nitro benzene ring substituents is 1. The quantitative estimate of drug-likeness (QED) is 0.418. The molecule has 32 heavy (non-hydrogen) atoms. The molecule has 0 atom stereocenters. The Kier molecular flexibility index (Phi) is 7.23. The van der Waals surface area contributed by atoms with Crippen LogP contribution in [0.5, 0.6) is 0 Å². The van der Waals surface area contributed by atoms with E-state index >= 15 is 0 Å². The largest absolute Gasteiger partial charge is 0.416 e. The van der Waals surface area contributed by atoms with E-state index in [0.29, 0.717) is 37.3 Å². The number of hydrogen-bond acceptors (Lipinski definition) is 6. The fourth-order valence-electron chi connectivity index (χ4n) is 3.41. The minimum absolute atomic E-state index is 0.0115. The van der Waals surface area contributed by atoms with Gasteiger partial charge in [-0.3, -0.25) is 15.0 Å². The van der Waals surface area contributed by atoms with E-state index in [1.807, 2.05) is 4.90 Å². The van der Waals surface area contributed by atoms with Crippen LogP contribution in [-0.2, 0) is 16.0 Å². The Labute approximate surface area is 192 Å². The second-order valence-electron chi connectivity index (χ2n) is 7.18. The molecule has 0 spiro atoms. The second kappa shape index (κ2) is 9.42. The highest BCUT2D eigenvalue weighted by atomic mass is 35.5. The zero-order valence-electron chi connectivity index (χ0n) is 16.5. The predicted octanol–water partition coefficient (Wildman–Crippen LogP) is 4.52. The van der Waals surface area contributed by atoms with Gasteiger partial charge in [-0.15, -0.1) is 0 Å². The van der Waals surface area contributed by atoms with Crippen molar-refractivity contribution in [3.05, 3.63) is 62.1 Å². The molecule has 7 nitrogen and oxygen atoms in total. The van der Waals surface area contributed by atoms with Crippen LogP contribution in [0.15, 0.2) is 41.3 Å². The van der Waals surface area contributed by atoms with E-state index in [2.05, 4.69) is 0 Å². The van der Waals surface area contributed by atoms with Gasteiger partial charge in [0.2, 0.25) is 0 Å². The molecule has 0 amide bonds. The van der Waals surface area contributed by atoms with Gasteiger partial charge in [0.1, 0.15) is 5.69 Å². The molecule has 1 fully saturated rings. The average molecular weight is 512 g/mol. The van der Waals surface area contributed by atoms with Crippen LogP contribution < -0.4 is 4.90 Å². The smallest absolute Gasteiger partial charge is 0.363 e. The Morgan fingerprint density at radius 2 is 1.69 bits per heavy atom. The first kappa shape index (κ1) is 24.6. The lowest BCUT2D eigenvalue weighted by molar-refractivity contribution is -0.384. The first-order valence-electron chi connectivity index (χ1n) is 9.39. The summed E-state index contributed by atoms with van der Waals surface area (Å²) in [6.45, 7) is 1.59. The summed E-state index contributed by atoms with van der Waals surface area (Å²) in [5, 5.41) is 11.7. The van der Waals surface area contributed by atoms with E-state index in [9.17, 15) is 31.7 Å². The van der Waals surface area contributed by atoms with E-state index in [-0.39, 0.29) is 27.9 Å². The minimum atomic E-state index is -4.68. The number of anilines is 1. The van der Waals surface area contributed by atoms with E-state index < -0.39 is 32.2 Å². The number of halogens is 5. The van der Waals surface area contributed by atoms with Gasteiger partial charge >= 0.3 is 6.18 Å². The van der Waals surface area contributed by atoms with Crippen molar-refractivity contribution in [2.24, 2.45) is 0 Å².